The van der Waals surface area contributed by atoms with Gasteiger partial charge in [0, 0.05) is 119 Å². The summed E-state index contributed by atoms with van der Waals surface area (Å²) < 4.78 is 0. The lowest BCUT2D eigenvalue weighted by atomic mass is 9.98. The minimum absolute atomic E-state index is 0.000668. The van der Waals surface area contributed by atoms with E-state index in [0.717, 1.165) is 36.3 Å². The SMILES string of the molecule is CCCC[C@H]1C(=O)N(C)[C@@H](CCCC)C(=O)N[C@@H](CCCNC(=N)N)C(=O)N[C@H](C(=O)NCC(N)=O)CSCC(=O)N[C@@H](Cc2ccccc2)C(=O)N(C)[C@@H](C(C)C)C(=O)N[C@@H](CC(N)=O)C(=O)N2CCC[C@H]2C(=O)N[C@@H](Cc2cnc[nH]2)C(=O)N[C@@H](CC(C)C)C(=O)N(C)CC(=O)N[C@@H](Cc2c[nH]c3ccccc23)C(=O)N[C@@H](CO)C(=O)N[C@@H](Cc2c[nH]c3ccccc23)C(=O)N1C. The summed E-state index contributed by atoms with van der Waals surface area (Å²) in [6, 6.07) is 2.93. The summed E-state index contributed by atoms with van der Waals surface area (Å²) >= 11 is 0.800. The van der Waals surface area contributed by atoms with Crippen molar-refractivity contribution in [2.75, 3.05) is 72.5 Å². The smallest absolute Gasteiger partial charge is 0.246 e. The normalized spacial score (nSPS) is 23.4. The van der Waals surface area contributed by atoms with Gasteiger partial charge in [-0.1, -0.05) is 134 Å². The van der Waals surface area contributed by atoms with Crippen molar-refractivity contribution in [2.24, 2.45) is 29.0 Å². The lowest BCUT2D eigenvalue weighted by molar-refractivity contribution is -0.149. The molecule has 22 N–H and O–H groups in total. The van der Waals surface area contributed by atoms with Gasteiger partial charge in [-0.2, -0.15) is 0 Å². The number of likely N-dealkylation sites (N-methyl/N-ethyl adjacent to an activating group) is 4. The summed E-state index contributed by atoms with van der Waals surface area (Å²) in [4.78, 5) is 269. The van der Waals surface area contributed by atoms with Gasteiger partial charge in [0.1, 0.15) is 78.5 Å². The summed E-state index contributed by atoms with van der Waals surface area (Å²) in [6.07, 6.45) is 6.00. The molecule has 2 fully saturated rings. The van der Waals surface area contributed by atoms with E-state index in [1.165, 1.54) is 40.7 Å². The molecule has 3 aromatic heterocycles. The predicted molar refractivity (Wildman–Crippen MR) is 499 cm³/mol. The largest absolute Gasteiger partial charge is 0.394 e. The average molecular weight is 1880 g/mol. The van der Waals surface area contributed by atoms with Crippen molar-refractivity contribution < 1.29 is 86.6 Å². The van der Waals surface area contributed by atoms with Crippen molar-refractivity contribution in [1.82, 2.24) is 103 Å². The van der Waals surface area contributed by atoms with Gasteiger partial charge in [-0.05, 0) is 85.6 Å². The fraction of sp³-hybridized carbons (Fsp3) is 0.527. The van der Waals surface area contributed by atoms with E-state index in [4.69, 9.17) is 22.6 Å². The third-order valence-electron chi connectivity index (χ3n) is 23.5. The molecule has 2 aliphatic rings. The lowest BCUT2D eigenvalue weighted by Gasteiger charge is -2.36. The Morgan fingerprint density at radius 1 is 0.530 bits per heavy atom. The highest BCUT2D eigenvalue weighted by molar-refractivity contribution is 8.00. The van der Waals surface area contributed by atoms with Gasteiger partial charge in [0.25, 0.3) is 0 Å². The van der Waals surface area contributed by atoms with Crippen LogP contribution in [-0.2, 0) is 107 Å². The number of rotatable bonds is 27. The molecule has 43 heteroatoms. The Morgan fingerprint density at radius 2 is 1.07 bits per heavy atom. The molecule has 2 saturated heterocycles. The number of aromatic nitrogens is 4. The first-order chi connectivity index (χ1) is 63.8. The molecule has 3 aromatic carbocycles. The van der Waals surface area contributed by atoms with Gasteiger partial charge in [-0.3, -0.25) is 86.9 Å². The number of aromatic amines is 3. The molecule has 13 atom stereocenters. The van der Waals surface area contributed by atoms with Gasteiger partial charge in [0.2, 0.25) is 100 Å². The molecule has 5 heterocycles. The fourth-order valence-corrected chi connectivity index (χ4v) is 17.3. The Hall–Kier alpha value is -13.5. The molecular formula is C91H130N24O18S. The number of guanidine groups is 1. The molecule has 2 aliphatic heterocycles. The van der Waals surface area contributed by atoms with Crippen LogP contribution in [0.5, 0.6) is 0 Å². The van der Waals surface area contributed by atoms with E-state index in [0.29, 0.717) is 69.9 Å². The highest BCUT2D eigenvalue weighted by atomic mass is 32.2. The number of hydrogen-bond donors (Lipinski definition) is 19. The number of benzene rings is 3. The Balaban J connectivity index is 1.19. The van der Waals surface area contributed by atoms with E-state index in [9.17, 15) is 53.1 Å². The van der Waals surface area contributed by atoms with Crippen LogP contribution in [-0.4, -0.2) is 307 Å². The van der Waals surface area contributed by atoms with Crippen LogP contribution in [0.1, 0.15) is 141 Å². The number of unbranched alkanes of at least 4 members (excludes halogenated alkanes) is 2. The monoisotopic (exact) mass is 1880 g/mol. The van der Waals surface area contributed by atoms with Crippen LogP contribution in [0, 0.1) is 17.2 Å². The number of hydrogen-bond acceptors (Lipinski definition) is 21. The molecule has 17 amide bonds. The number of para-hydroxylation sites is 2. The number of primary amides is 2. The summed E-state index contributed by atoms with van der Waals surface area (Å²) in [5.74, 6) is -17.8. The van der Waals surface area contributed by atoms with E-state index in [2.05, 4.69) is 78.4 Å². The first-order valence-electron chi connectivity index (χ1n) is 45.1. The number of carbonyl (C=O) groups excluding carboxylic acids is 17. The number of nitrogens with one attached hydrogen (secondary N) is 15. The molecule has 0 aliphatic carbocycles. The second-order valence-electron chi connectivity index (χ2n) is 34.7. The maximum absolute atomic E-state index is 15.7. The van der Waals surface area contributed by atoms with Gasteiger partial charge < -0.3 is 120 Å². The number of nitrogens with zero attached hydrogens (tertiary/aromatic N) is 6. The van der Waals surface area contributed by atoms with Gasteiger partial charge in [0.15, 0.2) is 5.96 Å². The number of nitrogens with two attached hydrogens (primary N) is 3. The van der Waals surface area contributed by atoms with Gasteiger partial charge in [-0.25, -0.2) is 4.98 Å². The molecular weight excluding hydrogens is 1750 g/mol. The number of aliphatic hydroxyl groups excluding tert-OH is 1. The van der Waals surface area contributed by atoms with E-state index < -0.39 is 228 Å². The van der Waals surface area contributed by atoms with Gasteiger partial charge >= 0.3 is 0 Å². The molecule has 728 valence electrons. The Kier molecular flexibility index (Phi) is 40.7. The van der Waals surface area contributed by atoms with Crippen LogP contribution in [0.25, 0.3) is 21.8 Å². The maximum Gasteiger partial charge on any atom is 0.246 e. The number of amides is 17. The van der Waals surface area contributed by atoms with E-state index in [-0.39, 0.29) is 89.6 Å². The fourth-order valence-electron chi connectivity index (χ4n) is 16.5. The zero-order valence-electron chi connectivity index (χ0n) is 77.4. The highest BCUT2D eigenvalue weighted by Crippen LogP contribution is 2.27. The third kappa shape index (κ3) is 30.5. The third-order valence-corrected chi connectivity index (χ3v) is 24.5. The molecule has 134 heavy (non-hydrogen) atoms. The number of aliphatic hydroxyl groups is 1. The van der Waals surface area contributed by atoms with E-state index >= 15 is 33.6 Å². The molecule has 0 bridgehead atoms. The summed E-state index contributed by atoms with van der Waals surface area (Å²) in [5.41, 5.74) is 20.1. The van der Waals surface area contributed by atoms with Crippen LogP contribution >= 0.6 is 11.8 Å². The second kappa shape index (κ2) is 51.5. The Bertz CT molecular complexity index is 5110. The number of thioether (sulfide) groups is 1. The molecule has 0 saturated carbocycles. The summed E-state index contributed by atoms with van der Waals surface area (Å²) in [6.45, 7) is 7.82. The molecule has 0 unspecified atom stereocenters. The van der Waals surface area contributed by atoms with Crippen LogP contribution in [0.4, 0.5) is 0 Å². The quantitative estimate of drug-likeness (QED) is 0.0158. The first kappa shape index (κ1) is 106. The highest BCUT2D eigenvalue weighted by Gasteiger charge is 2.45. The van der Waals surface area contributed by atoms with Gasteiger partial charge in [0.05, 0.1) is 38.2 Å². The lowest BCUT2D eigenvalue weighted by Crippen LogP contribution is -2.61. The molecule has 0 radical (unpaired) electrons. The molecule has 0 spiro atoms. The zero-order chi connectivity index (χ0) is 98.2. The van der Waals surface area contributed by atoms with Crippen molar-refractivity contribution in [3.8, 4) is 0 Å². The second-order valence-corrected chi connectivity index (χ2v) is 35.7. The maximum atomic E-state index is 15.7. The number of H-pyrrole nitrogens is 3. The summed E-state index contributed by atoms with van der Waals surface area (Å²) in [7, 11) is 5.30. The zero-order valence-corrected chi connectivity index (χ0v) is 78.3. The van der Waals surface area contributed by atoms with E-state index in [1.54, 1.807) is 119 Å². The number of carbonyl (C=O) groups is 17. The van der Waals surface area contributed by atoms with Crippen LogP contribution in [0.3, 0.4) is 0 Å². The van der Waals surface area contributed by atoms with Gasteiger partial charge in [-0.15, -0.1) is 11.8 Å². The predicted octanol–water partition coefficient (Wildman–Crippen LogP) is -1.50. The topological polar surface area (TPSA) is 621 Å². The molecule has 42 nitrogen and oxygen atoms in total. The van der Waals surface area contributed by atoms with Crippen molar-refractivity contribution in [3.05, 3.63) is 126 Å². The molecule has 8 rings (SSSR count). The first-order valence-corrected chi connectivity index (χ1v) is 46.3. The molecule has 6 aromatic rings. The van der Waals surface area contributed by atoms with Crippen molar-refractivity contribution >= 4 is 140 Å². The standard InChI is InChI=1S/C91H130N24O18S/c1-11-13-31-70-83(126)104-61(30-22-34-97-91(94)95)79(122)110-69(78(121)100-45-74(93)118)48-134-49-76(120)103-65(37-53-24-16-15-17-25-53)88(131)114(10)77(52(5)6)85(128)108-67(41-73(92)117)89(132)115-35-23-33-71(115)84(127)105-63(40-56-44-96-50-101-56)81(124)106-64(36-51(3)4)86(129)111(7)46-75(119)102-62(38-54-42-98-59-28-20-18-26-57(54)59)80(123)109-68(47-116)82(125)107-66(39-55-43-99-60-29-21-19-27-58(55)60)87(130)113(9)72(32-14-12-2)90(133)112(70)8/h15-21,24-29,42-44,50-52,61-72,77,98-99,116H,11-14,22-23,30-41,45-49H2,1-10H3,(H2,92,117)(H2,93,118)(H,96,101)(H,100,121)(H,102,119)(H,103,120)(H,104,126)(H,105,127)(H,106,124)(H,107,125)(H,108,128)(H,109,123)(H,110,122)(H4,94,95,97)/t61-,62-,63-,64-,65-,66-,67-,68-,69-,70-,71-,72-,77-/m0/s1. The minimum Gasteiger partial charge on any atom is -0.394 e. The average Bonchev–Trinajstić information content (AvgIpc) is 1.56. The summed E-state index contributed by atoms with van der Waals surface area (Å²) in [5, 5.41) is 49.6. The van der Waals surface area contributed by atoms with Crippen LogP contribution in [0.2, 0.25) is 0 Å². The Morgan fingerprint density at radius 3 is 1.66 bits per heavy atom. The van der Waals surface area contributed by atoms with Crippen molar-refractivity contribution in [3.63, 3.8) is 0 Å². The number of fused-ring (bicyclic) bond motifs is 3. The number of imidazole rings is 1. The van der Waals surface area contributed by atoms with Crippen LogP contribution in [0.15, 0.2) is 104 Å². The van der Waals surface area contributed by atoms with Crippen molar-refractivity contribution in [2.45, 2.75) is 223 Å². The van der Waals surface area contributed by atoms with Crippen molar-refractivity contribution in [1.29, 1.82) is 5.41 Å². The van der Waals surface area contributed by atoms with E-state index in [1.807, 2.05) is 13.8 Å². The van der Waals surface area contributed by atoms with Crippen LogP contribution < -0.4 is 75.7 Å². The minimum atomic E-state index is -1.85. The Labute approximate surface area is 781 Å².